The van der Waals surface area contributed by atoms with E-state index in [1.807, 2.05) is 7.05 Å². The van der Waals surface area contributed by atoms with Crippen LogP contribution in [0.15, 0.2) is 18.2 Å². The molecule has 1 aliphatic rings. The Kier molecular flexibility index (Phi) is 4.02. The highest BCUT2D eigenvalue weighted by atomic mass is 35.5. The minimum atomic E-state index is -0.222. The molecule has 1 aliphatic heterocycles. The normalized spacial score (nSPS) is 24.2. The summed E-state index contributed by atoms with van der Waals surface area (Å²) < 4.78 is 19.2. The lowest BCUT2D eigenvalue weighted by Gasteiger charge is -2.27. The molecule has 1 heterocycles. The summed E-state index contributed by atoms with van der Waals surface area (Å²) in [5, 5.41) is 3.61. The fourth-order valence-electron chi connectivity index (χ4n) is 2.43. The minimum Gasteiger partial charge on any atom is -0.381 e. The summed E-state index contributed by atoms with van der Waals surface area (Å²) in [6.07, 6.45) is 1.66. The number of hydrogen-bond donors (Lipinski definition) is 1. The Hall–Kier alpha value is -0.640. The zero-order chi connectivity index (χ0) is 12.3. The minimum absolute atomic E-state index is 0.0173. The Balaban J connectivity index is 2.17. The van der Waals surface area contributed by atoms with Crippen molar-refractivity contribution in [2.24, 2.45) is 5.41 Å². The van der Waals surface area contributed by atoms with Gasteiger partial charge in [0.05, 0.1) is 6.61 Å². The molecule has 0 radical (unpaired) electrons. The van der Waals surface area contributed by atoms with Crippen molar-refractivity contribution >= 4 is 11.6 Å². The molecule has 2 nitrogen and oxygen atoms in total. The molecule has 17 heavy (non-hydrogen) atoms. The highest BCUT2D eigenvalue weighted by Gasteiger charge is 2.35. The number of nitrogens with one attached hydrogen (secondary N) is 1. The van der Waals surface area contributed by atoms with Gasteiger partial charge in [-0.2, -0.15) is 0 Å². The number of halogens is 2. The summed E-state index contributed by atoms with van der Waals surface area (Å²) in [4.78, 5) is 0. The zero-order valence-corrected chi connectivity index (χ0v) is 10.7. The van der Waals surface area contributed by atoms with E-state index in [1.165, 1.54) is 6.07 Å². The average Bonchev–Trinajstić information content (AvgIpc) is 2.72. The molecule has 0 bridgehead atoms. The van der Waals surface area contributed by atoms with Gasteiger partial charge in [-0.3, -0.25) is 0 Å². The SMILES string of the molecule is CNCC1(Cc2ccc(Cl)cc2F)CCOC1. The summed E-state index contributed by atoms with van der Waals surface area (Å²) in [7, 11) is 1.91. The van der Waals surface area contributed by atoms with Gasteiger partial charge >= 0.3 is 0 Å². The monoisotopic (exact) mass is 257 g/mol. The summed E-state index contributed by atoms with van der Waals surface area (Å²) in [5.41, 5.74) is 0.735. The van der Waals surface area contributed by atoms with E-state index in [2.05, 4.69) is 5.32 Å². The lowest BCUT2D eigenvalue weighted by atomic mass is 9.81. The number of benzene rings is 1. The Labute approximate surface area is 106 Å². The molecule has 1 saturated heterocycles. The summed E-state index contributed by atoms with van der Waals surface area (Å²) in [6.45, 7) is 2.29. The molecule has 1 fully saturated rings. The largest absolute Gasteiger partial charge is 0.381 e. The second-order valence-electron chi connectivity index (χ2n) is 4.75. The lowest BCUT2D eigenvalue weighted by Crippen LogP contribution is -2.35. The molecule has 4 heteroatoms. The highest BCUT2D eigenvalue weighted by Crippen LogP contribution is 2.33. The van der Waals surface area contributed by atoms with Crippen LogP contribution in [-0.2, 0) is 11.2 Å². The average molecular weight is 258 g/mol. The zero-order valence-electron chi connectivity index (χ0n) is 9.93. The molecule has 1 aromatic rings. The molecule has 94 valence electrons. The molecular weight excluding hydrogens is 241 g/mol. The smallest absolute Gasteiger partial charge is 0.127 e. The van der Waals surface area contributed by atoms with Crippen molar-refractivity contribution in [2.75, 3.05) is 26.8 Å². The first-order valence-corrected chi connectivity index (χ1v) is 6.19. The molecule has 2 rings (SSSR count). The third kappa shape index (κ3) is 2.97. The van der Waals surface area contributed by atoms with Crippen LogP contribution >= 0.6 is 11.6 Å². The van der Waals surface area contributed by atoms with Gasteiger partial charge in [-0.25, -0.2) is 4.39 Å². The maximum Gasteiger partial charge on any atom is 0.127 e. The number of rotatable bonds is 4. The van der Waals surface area contributed by atoms with Crippen LogP contribution in [0.1, 0.15) is 12.0 Å². The predicted octanol–water partition coefficient (Wildman–Crippen LogP) is 2.65. The second kappa shape index (κ2) is 5.34. The van der Waals surface area contributed by atoms with Crippen LogP contribution in [0.4, 0.5) is 4.39 Å². The van der Waals surface area contributed by atoms with Gasteiger partial charge in [0.2, 0.25) is 0 Å². The van der Waals surface area contributed by atoms with Gasteiger partial charge in [0.1, 0.15) is 5.82 Å². The van der Waals surface area contributed by atoms with Gasteiger partial charge in [-0.1, -0.05) is 17.7 Å². The van der Waals surface area contributed by atoms with E-state index in [-0.39, 0.29) is 11.2 Å². The predicted molar refractivity (Wildman–Crippen MR) is 66.9 cm³/mol. The maximum absolute atomic E-state index is 13.8. The van der Waals surface area contributed by atoms with Crippen LogP contribution in [0.3, 0.4) is 0 Å². The van der Waals surface area contributed by atoms with Crippen LogP contribution < -0.4 is 5.32 Å². The summed E-state index contributed by atoms with van der Waals surface area (Å²) in [6, 6.07) is 4.88. The van der Waals surface area contributed by atoms with Crippen LogP contribution in [0.2, 0.25) is 5.02 Å². The number of hydrogen-bond acceptors (Lipinski definition) is 2. The van der Waals surface area contributed by atoms with Crippen molar-refractivity contribution in [3.63, 3.8) is 0 Å². The summed E-state index contributed by atoms with van der Waals surface area (Å²) in [5.74, 6) is -0.222. The molecule has 1 atom stereocenters. The van der Waals surface area contributed by atoms with E-state index in [1.54, 1.807) is 12.1 Å². The molecule has 0 aromatic heterocycles. The second-order valence-corrected chi connectivity index (χ2v) is 5.18. The van der Waals surface area contributed by atoms with Gasteiger partial charge < -0.3 is 10.1 Å². The van der Waals surface area contributed by atoms with E-state index >= 15 is 0 Å². The van der Waals surface area contributed by atoms with E-state index in [9.17, 15) is 4.39 Å². The quantitative estimate of drug-likeness (QED) is 0.895. The molecule has 1 aromatic carbocycles. The van der Waals surface area contributed by atoms with Gasteiger partial charge in [-0.05, 0) is 37.6 Å². The topological polar surface area (TPSA) is 21.3 Å². The molecular formula is C13H17ClFNO. The Morgan fingerprint density at radius 1 is 1.53 bits per heavy atom. The van der Waals surface area contributed by atoms with Crippen LogP contribution in [0.5, 0.6) is 0 Å². The van der Waals surface area contributed by atoms with E-state index in [0.717, 1.165) is 25.1 Å². The first-order valence-electron chi connectivity index (χ1n) is 5.81. The highest BCUT2D eigenvalue weighted by molar-refractivity contribution is 6.30. The van der Waals surface area contributed by atoms with Crippen molar-refractivity contribution < 1.29 is 9.13 Å². The van der Waals surface area contributed by atoms with E-state index < -0.39 is 0 Å². The van der Waals surface area contributed by atoms with Crippen molar-refractivity contribution in [3.8, 4) is 0 Å². The van der Waals surface area contributed by atoms with Crippen LogP contribution in [0, 0.1) is 11.2 Å². The maximum atomic E-state index is 13.8. The van der Waals surface area contributed by atoms with Crippen LogP contribution in [-0.4, -0.2) is 26.8 Å². The Bertz CT molecular complexity index is 391. The van der Waals surface area contributed by atoms with Gasteiger partial charge in [0.15, 0.2) is 0 Å². The van der Waals surface area contributed by atoms with Gasteiger partial charge in [0, 0.05) is 23.6 Å². The molecule has 1 unspecified atom stereocenters. The fraction of sp³-hybridized carbons (Fsp3) is 0.538. The first-order chi connectivity index (χ1) is 8.15. The van der Waals surface area contributed by atoms with E-state index in [0.29, 0.717) is 18.1 Å². The van der Waals surface area contributed by atoms with Crippen molar-refractivity contribution in [1.29, 1.82) is 0 Å². The van der Waals surface area contributed by atoms with Crippen molar-refractivity contribution in [1.82, 2.24) is 5.32 Å². The molecule has 0 saturated carbocycles. The third-order valence-electron chi connectivity index (χ3n) is 3.32. The fourth-order valence-corrected chi connectivity index (χ4v) is 2.59. The van der Waals surface area contributed by atoms with Gasteiger partial charge in [0.25, 0.3) is 0 Å². The van der Waals surface area contributed by atoms with Crippen molar-refractivity contribution in [3.05, 3.63) is 34.6 Å². The van der Waals surface area contributed by atoms with Crippen molar-refractivity contribution in [2.45, 2.75) is 12.8 Å². The lowest BCUT2D eigenvalue weighted by molar-refractivity contribution is 0.150. The first kappa shape index (κ1) is 12.8. The molecule has 1 N–H and O–H groups in total. The molecule has 0 spiro atoms. The standard InChI is InChI=1S/C13H17ClFNO/c1-16-8-13(4-5-17-9-13)7-10-2-3-11(14)6-12(10)15/h2-3,6,16H,4-5,7-9H2,1H3. The van der Waals surface area contributed by atoms with Gasteiger partial charge in [-0.15, -0.1) is 0 Å². The third-order valence-corrected chi connectivity index (χ3v) is 3.55. The molecule has 0 aliphatic carbocycles. The Morgan fingerprint density at radius 3 is 2.94 bits per heavy atom. The summed E-state index contributed by atoms with van der Waals surface area (Å²) >= 11 is 5.75. The van der Waals surface area contributed by atoms with Crippen LogP contribution in [0.25, 0.3) is 0 Å². The Morgan fingerprint density at radius 2 is 2.35 bits per heavy atom. The molecule has 0 amide bonds. The number of ether oxygens (including phenoxy) is 1. The van der Waals surface area contributed by atoms with E-state index in [4.69, 9.17) is 16.3 Å².